The van der Waals surface area contributed by atoms with Gasteiger partial charge in [-0.2, -0.15) is 0 Å². The minimum Gasteiger partial charge on any atom is -0.375 e. The third-order valence-corrected chi connectivity index (χ3v) is 3.90. The molecule has 1 aromatic carbocycles. The zero-order valence-corrected chi connectivity index (χ0v) is 14.9. The van der Waals surface area contributed by atoms with E-state index in [9.17, 15) is 0 Å². The number of rotatable bonds is 8. The molecule has 0 atom stereocenters. The number of hydrogen-bond donors (Lipinski definition) is 2. The zero-order chi connectivity index (χ0) is 18.0. The maximum atomic E-state index is 5.66. The number of ether oxygens (including phenoxy) is 1. The summed E-state index contributed by atoms with van der Waals surface area (Å²) in [6.45, 7) is 2.65. The standard InChI is InChI=1S/C19H24N6O/c1-20-19(22-12-14-26-15-16-7-3-2-4-8-16)21-11-10-18-24-23-17-9-5-6-13-25(17)18/h2-9,13H,10-12,14-15H2,1H3,(H2,20,21,22). The fraction of sp³-hybridized carbons (Fsp3) is 0.316. The molecule has 0 bridgehead atoms. The van der Waals surface area contributed by atoms with Crippen LogP contribution in [0.2, 0.25) is 0 Å². The molecule has 2 aromatic heterocycles. The van der Waals surface area contributed by atoms with Gasteiger partial charge < -0.3 is 15.4 Å². The van der Waals surface area contributed by atoms with Crippen LogP contribution in [0, 0.1) is 0 Å². The Morgan fingerprint density at radius 3 is 2.69 bits per heavy atom. The quantitative estimate of drug-likeness (QED) is 0.366. The maximum absolute atomic E-state index is 5.66. The van der Waals surface area contributed by atoms with E-state index in [1.165, 1.54) is 5.56 Å². The summed E-state index contributed by atoms with van der Waals surface area (Å²) in [5.41, 5.74) is 2.04. The summed E-state index contributed by atoms with van der Waals surface area (Å²) < 4.78 is 7.65. The average molecular weight is 352 g/mol. The molecule has 0 saturated heterocycles. The van der Waals surface area contributed by atoms with Crippen LogP contribution >= 0.6 is 0 Å². The molecule has 2 heterocycles. The summed E-state index contributed by atoms with van der Waals surface area (Å²) >= 11 is 0. The first-order valence-electron chi connectivity index (χ1n) is 8.71. The van der Waals surface area contributed by atoms with Crippen LogP contribution in [0.4, 0.5) is 0 Å². The van der Waals surface area contributed by atoms with Crippen molar-refractivity contribution in [3.05, 3.63) is 66.1 Å². The van der Waals surface area contributed by atoms with E-state index in [-0.39, 0.29) is 0 Å². The van der Waals surface area contributed by atoms with E-state index >= 15 is 0 Å². The van der Waals surface area contributed by atoms with Crippen molar-refractivity contribution < 1.29 is 4.74 Å². The predicted molar refractivity (Wildman–Crippen MR) is 102 cm³/mol. The van der Waals surface area contributed by atoms with Crippen molar-refractivity contribution in [3.8, 4) is 0 Å². The number of nitrogens with one attached hydrogen (secondary N) is 2. The van der Waals surface area contributed by atoms with E-state index in [1.54, 1.807) is 7.05 Å². The van der Waals surface area contributed by atoms with Crippen LogP contribution in [0.15, 0.2) is 59.7 Å². The third kappa shape index (κ3) is 5.03. The van der Waals surface area contributed by atoms with E-state index < -0.39 is 0 Å². The van der Waals surface area contributed by atoms with Crippen LogP contribution in [-0.2, 0) is 17.8 Å². The number of benzene rings is 1. The number of nitrogens with zero attached hydrogens (tertiary/aromatic N) is 4. The first-order chi connectivity index (χ1) is 12.9. The van der Waals surface area contributed by atoms with Crippen LogP contribution in [0.1, 0.15) is 11.4 Å². The molecule has 0 amide bonds. The van der Waals surface area contributed by atoms with E-state index in [0.717, 1.165) is 30.4 Å². The van der Waals surface area contributed by atoms with Crippen LogP contribution in [-0.4, -0.2) is 47.3 Å². The fourth-order valence-corrected chi connectivity index (χ4v) is 2.58. The second-order valence-electron chi connectivity index (χ2n) is 5.76. The summed E-state index contributed by atoms with van der Waals surface area (Å²) in [6, 6.07) is 16.0. The number of pyridine rings is 1. The molecule has 3 aromatic rings. The first-order valence-corrected chi connectivity index (χ1v) is 8.71. The molecular weight excluding hydrogens is 328 g/mol. The molecule has 7 heteroatoms. The summed E-state index contributed by atoms with van der Waals surface area (Å²) in [5.74, 6) is 1.68. The molecule has 2 N–H and O–H groups in total. The Kier molecular flexibility index (Phi) is 6.55. The molecule has 0 fully saturated rings. The van der Waals surface area contributed by atoms with Crippen LogP contribution in [0.25, 0.3) is 5.65 Å². The van der Waals surface area contributed by atoms with Gasteiger partial charge in [-0.15, -0.1) is 10.2 Å². The zero-order valence-electron chi connectivity index (χ0n) is 14.9. The fourth-order valence-electron chi connectivity index (χ4n) is 2.58. The molecule has 7 nitrogen and oxygen atoms in total. The molecular formula is C19H24N6O. The van der Waals surface area contributed by atoms with Gasteiger partial charge in [-0.25, -0.2) is 0 Å². The molecule has 0 aliphatic heterocycles. The van der Waals surface area contributed by atoms with Crippen molar-refractivity contribution in [1.82, 2.24) is 25.2 Å². The van der Waals surface area contributed by atoms with Gasteiger partial charge in [0.15, 0.2) is 11.6 Å². The normalized spacial score (nSPS) is 11.7. The molecule has 0 aliphatic rings. The lowest BCUT2D eigenvalue weighted by atomic mass is 10.2. The lowest BCUT2D eigenvalue weighted by molar-refractivity contribution is 0.125. The molecule has 3 rings (SSSR count). The maximum Gasteiger partial charge on any atom is 0.191 e. The molecule has 26 heavy (non-hydrogen) atoms. The van der Waals surface area contributed by atoms with Crippen molar-refractivity contribution in [2.75, 3.05) is 26.7 Å². The highest BCUT2D eigenvalue weighted by atomic mass is 16.5. The smallest absolute Gasteiger partial charge is 0.191 e. The Labute approximate surface area is 153 Å². The van der Waals surface area contributed by atoms with E-state index in [4.69, 9.17) is 4.74 Å². The van der Waals surface area contributed by atoms with Crippen LogP contribution in [0.5, 0.6) is 0 Å². The van der Waals surface area contributed by atoms with E-state index in [0.29, 0.717) is 19.8 Å². The minimum absolute atomic E-state index is 0.615. The Balaban J connectivity index is 1.34. The van der Waals surface area contributed by atoms with Crippen molar-refractivity contribution >= 4 is 11.6 Å². The van der Waals surface area contributed by atoms with Crippen LogP contribution in [0.3, 0.4) is 0 Å². The summed E-state index contributed by atoms with van der Waals surface area (Å²) in [6.07, 6.45) is 2.73. The molecule has 0 radical (unpaired) electrons. The third-order valence-electron chi connectivity index (χ3n) is 3.90. The molecule has 0 aliphatic carbocycles. The molecule has 0 spiro atoms. The Bertz CT molecular complexity index is 830. The highest BCUT2D eigenvalue weighted by Gasteiger charge is 2.04. The van der Waals surface area contributed by atoms with Crippen molar-refractivity contribution in [3.63, 3.8) is 0 Å². The van der Waals surface area contributed by atoms with Gasteiger partial charge in [0, 0.05) is 32.8 Å². The van der Waals surface area contributed by atoms with Gasteiger partial charge in [0.05, 0.1) is 13.2 Å². The second-order valence-corrected chi connectivity index (χ2v) is 5.76. The number of aliphatic imine (C=N–C) groups is 1. The Morgan fingerprint density at radius 2 is 1.85 bits per heavy atom. The van der Waals surface area contributed by atoms with Crippen molar-refractivity contribution in [1.29, 1.82) is 0 Å². The Morgan fingerprint density at radius 1 is 1.04 bits per heavy atom. The van der Waals surface area contributed by atoms with Gasteiger partial charge in [0.1, 0.15) is 5.82 Å². The van der Waals surface area contributed by atoms with Gasteiger partial charge in [-0.05, 0) is 17.7 Å². The summed E-state index contributed by atoms with van der Waals surface area (Å²) in [7, 11) is 1.76. The van der Waals surface area contributed by atoms with Gasteiger partial charge in [0.2, 0.25) is 0 Å². The van der Waals surface area contributed by atoms with Crippen molar-refractivity contribution in [2.24, 2.45) is 4.99 Å². The topological polar surface area (TPSA) is 75.8 Å². The van der Waals surface area contributed by atoms with Gasteiger partial charge in [0.25, 0.3) is 0 Å². The summed E-state index contributed by atoms with van der Waals surface area (Å²) in [5, 5.41) is 14.9. The lowest BCUT2D eigenvalue weighted by Gasteiger charge is -2.11. The summed E-state index contributed by atoms with van der Waals surface area (Å²) in [4.78, 5) is 4.22. The van der Waals surface area contributed by atoms with Crippen molar-refractivity contribution in [2.45, 2.75) is 13.0 Å². The predicted octanol–water partition coefficient (Wildman–Crippen LogP) is 1.65. The first kappa shape index (κ1) is 17.9. The number of guanidine groups is 1. The number of aromatic nitrogens is 3. The monoisotopic (exact) mass is 352 g/mol. The highest BCUT2D eigenvalue weighted by Crippen LogP contribution is 2.02. The van der Waals surface area contributed by atoms with Gasteiger partial charge >= 0.3 is 0 Å². The molecule has 0 unspecified atom stereocenters. The molecule has 0 saturated carbocycles. The average Bonchev–Trinajstić information content (AvgIpc) is 3.10. The minimum atomic E-state index is 0.615. The van der Waals surface area contributed by atoms with Gasteiger partial charge in [-0.1, -0.05) is 36.4 Å². The lowest BCUT2D eigenvalue weighted by Crippen LogP contribution is -2.39. The largest absolute Gasteiger partial charge is 0.375 e. The van der Waals surface area contributed by atoms with Gasteiger partial charge in [-0.3, -0.25) is 9.39 Å². The Hall–Kier alpha value is -2.93. The molecule has 136 valence electrons. The highest BCUT2D eigenvalue weighted by molar-refractivity contribution is 5.79. The number of hydrogen-bond acceptors (Lipinski definition) is 4. The van der Waals surface area contributed by atoms with E-state index in [1.807, 2.05) is 47.0 Å². The second kappa shape index (κ2) is 9.53. The van der Waals surface area contributed by atoms with Crippen LogP contribution < -0.4 is 10.6 Å². The number of fused-ring (bicyclic) bond motifs is 1. The SMILES string of the molecule is CN=C(NCCOCc1ccccc1)NCCc1nnc2ccccn12. The van der Waals surface area contributed by atoms with E-state index in [2.05, 4.69) is 38.0 Å².